The van der Waals surface area contributed by atoms with E-state index in [0.717, 1.165) is 6.42 Å². The molecule has 2 rings (SSSR count). The lowest BCUT2D eigenvalue weighted by molar-refractivity contribution is 0.773. The zero-order chi connectivity index (χ0) is 8.55. The zero-order valence-corrected chi connectivity index (χ0v) is 7.78. The molecule has 2 radical (unpaired) electrons. The van der Waals surface area contributed by atoms with Gasteiger partial charge in [0.1, 0.15) is 0 Å². The van der Waals surface area contributed by atoms with Gasteiger partial charge in [-0.15, -0.1) is 0 Å². The number of hydrogen-bond acceptors (Lipinski definition) is 0. The Kier molecular flexibility index (Phi) is 1.92. The van der Waals surface area contributed by atoms with E-state index in [9.17, 15) is 0 Å². The van der Waals surface area contributed by atoms with Gasteiger partial charge in [0, 0.05) is 6.42 Å². The van der Waals surface area contributed by atoms with Gasteiger partial charge in [0.2, 0.25) is 0 Å². The fourth-order valence-electron chi connectivity index (χ4n) is 1.75. The van der Waals surface area contributed by atoms with Crippen molar-refractivity contribution in [2.24, 2.45) is 0 Å². The van der Waals surface area contributed by atoms with Gasteiger partial charge in [-0.05, 0) is 55.4 Å². The minimum Gasteiger partial charge on any atom is -0.0555 e. The van der Waals surface area contributed by atoms with E-state index >= 15 is 0 Å². The Balaban J connectivity index is 2.49. The summed E-state index contributed by atoms with van der Waals surface area (Å²) in [5.74, 6) is 0. The van der Waals surface area contributed by atoms with Crippen LogP contribution in [0.4, 0.5) is 0 Å². The summed E-state index contributed by atoms with van der Waals surface area (Å²) in [5.41, 5.74) is 5.65. The third-order valence-corrected chi connectivity index (χ3v) is 2.66. The standard InChI is InChI=1S/C12H14/c1-9-7-11-5-3-4-6-12(11)8-10(9)2/h7-8H,3-5H2,1-2H3. The number of benzene rings is 1. The topological polar surface area (TPSA) is 0 Å². The molecule has 0 bridgehead atoms. The Morgan fingerprint density at radius 2 is 1.92 bits per heavy atom. The summed E-state index contributed by atoms with van der Waals surface area (Å²) in [6.07, 6.45) is 7.08. The molecular formula is C12H14. The van der Waals surface area contributed by atoms with Crippen molar-refractivity contribution in [1.82, 2.24) is 0 Å². The van der Waals surface area contributed by atoms with E-state index < -0.39 is 0 Å². The average Bonchev–Trinajstić information content (AvgIpc) is 2.07. The molecule has 1 aromatic carbocycles. The monoisotopic (exact) mass is 158 g/mol. The first kappa shape index (κ1) is 7.85. The van der Waals surface area contributed by atoms with E-state index in [-0.39, 0.29) is 0 Å². The van der Waals surface area contributed by atoms with Gasteiger partial charge < -0.3 is 0 Å². The van der Waals surface area contributed by atoms with Crippen LogP contribution in [0.3, 0.4) is 0 Å². The van der Waals surface area contributed by atoms with Crippen molar-refractivity contribution < 1.29 is 0 Å². The van der Waals surface area contributed by atoms with E-state index in [1.807, 2.05) is 0 Å². The van der Waals surface area contributed by atoms with Crippen LogP contribution >= 0.6 is 0 Å². The smallest absolute Gasteiger partial charge is 0.0167 e. The van der Waals surface area contributed by atoms with Gasteiger partial charge >= 0.3 is 0 Å². The van der Waals surface area contributed by atoms with Crippen LogP contribution in [-0.4, -0.2) is 0 Å². The highest BCUT2D eigenvalue weighted by Crippen LogP contribution is 2.25. The minimum atomic E-state index is 1.13. The van der Waals surface area contributed by atoms with Gasteiger partial charge in [0.05, 0.1) is 0 Å². The SMILES string of the molecule is Cc1cc2c(cc1C)CCC[C]2. The van der Waals surface area contributed by atoms with Gasteiger partial charge in [0.15, 0.2) is 0 Å². The molecule has 1 aromatic rings. The van der Waals surface area contributed by atoms with Crippen LogP contribution < -0.4 is 0 Å². The molecule has 62 valence electrons. The maximum atomic E-state index is 3.43. The molecule has 0 fully saturated rings. The third kappa shape index (κ3) is 1.26. The lowest BCUT2D eigenvalue weighted by Gasteiger charge is -2.16. The van der Waals surface area contributed by atoms with Gasteiger partial charge in [-0.25, -0.2) is 0 Å². The Morgan fingerprint density at radius 1 is 1.17 bits per heavy atom. The minimum absolute atomic E-state index is 1.13. The molecular weight excluding hydrogens is 144 g/mol. The summed E-state index contributed by atoms with van der Waals surface area (Å²) in [6.45, 7) is 4.36. The first-order valence-corrected chi connectivity index (χ1v) is 4.61. The van der Waals surface area contributed by atoms with E-state index in [1.54, 1.807) is 0 Å². The summed E-state index contributed by atoms with van der Waals surface area (Å²) in [6, 6.07) is 4.58. The maximum absolute atomic E-state index is 3.43. The number of aryl methyl sites for hydroxylation is 3. The predicted molar refractivity (Wildman–Crippen MR) is 51.2 cm³/mol. The van der Waals surface area contributed by atoms with Gasteiger partial charge in [-0.3, -0.25) is 0 Å². The quantitative estimate of drug-likeness (QED) is 0.544. The highest BCUT2D eigenvalue weighted by atomic mass is 14.1. The maximum Gasteiger partial charge on any atom is 0.0167 e. The van der Waals surface area contributed by atoms with Crippen molar-refractivity contribution >= 4 is 0 Å². The molecule has 0 unspecified atom stereocenters. The highest BCUT2D eigenvalue weighted by molar-refractivity contribution is 5.42. The summed E-state index contributed by atoms with van der Waals surface area (Å²) in [7, 11) is 0. The molecule has 0 atom stereocenters. The van der Waals surface area contributed by atoms with Crippen molar-refractivity contribution in [3.8, 4) is 0 Å². The zero-order valence-electron chi connectivity index (χ0n) is 7.78. The molecule has 1 aliphatic carbocycles. The van der Waals surface area contributed by atoms with Gasteiger partial charge in [0.25, 0.3) is 0 Å². The van der Waals surface area contributed by atoms with Crippen molar-refractivity contribution in [2.45, 2.75) is 33.1 Å². The molecule has 0 saturated carbocycles. The second kappa shape index (κ2) is 2.93. The van der Waals surface area contributed by atoms with Crippen LogP contribution in [0.2, 0.25) is 0 Å². The van der Waals surface area contributed by atoms with Crippen LogP contribution in [0, 0.1) is 20.3 Å². The van der Waals surface area contributed by atoms with E-state index in [1.165, 1.54) is 35.1 Å². The van der Waals surface area contributed by atoms with Crippen LogP contribution in [0.25, 0.3) is 0 Å². The molecule has 0 aromatic heterocycles. The van der Waals surface area contributed by atoms with Crippen LogP contribution in [0.1, 0.15) is 35.1 Å². The first-order chi connectivity index (χ1) is 5.77. The molecule has 0 amide bonds. The summed E-state index contributed by atoms with van der Waals surface area (Å²) < 4.78 is 0. The predicted octanol–water partition coefficient (Wildman–Crippen LogP) is 3.07. The Labute approximate surface area is 74.6 Å². The summed E-state index contributed by atoms with van der Waals surface area (Å²) >= 11 is 0. The van der Waals surface area contributed by atoms with Crippen molar-refractivity contribution in [2.75, 3.05) is 0 Å². The molecule has 0 heteroatoms. The molecule has 0 saturated heterocycles. The largest absolute Gasteiger partial charge is 0.0555 e. The van der Waals surface area contributed by atoms with Crippen LogP contribution in [-0.2, 0) is 6.42 Å². The molecule has 1 aliphatic rings. The third-order valence-electron chi connectivity index (χ3n) is 2.66. The summed E-state index contributed by atoms with van der Waals surface area (Å²) in [5, 5.41) is 0. The molecule has 12 heavy (non-hydrogen) atoms. The second-order valence-corrected chi connectivity index (χ2v) is 3.62. The van der Waals surface area contributed by atoms with Crippen molar-refractivity contribution in [1.29, 1.82) is 0 Å². The van der Waals surface area contributed by atoms with Gasteiger partial charge in [-0.1, -0.05) is 12.1 Å². The van der Waals surface area contributed by atoms with E-state index in [2.05, 4.69) is 32.4 Å². The van der Waals surface area contributed by atoms with Crippen LogP contribution in [0.15, 0.2) is 12.1 Å². The lowest BCUT2D eigenvalue weighted by atomic mass is 9.89. The van der Waals surface area contributed by atoms with Crippen LogP contribution in [0.5, 0.6) is 0 Å². The normalized spacial score (nSPS) is 15.8. The molecule has 0 aliphatic heterocycles. The summed E-state index contributed by atoms with van der Waals surface area (Å²) in [4.78, 5) is 0. The first-order valence-electron chi connectivity index (χ1n) is 4.61. The van der Waals surface area contributed by atoms with Gasteiger partial charge in [-0.2, -0.15) is 0 Å². The van der Waals surface area contributed by atoms with Crippen molar-refractivity contribution in [3.05, 3.63) is 40.8 Å². The molecule has 0 heterocycles. The fourth-order valence-corrected chi connectivity index (χ4v) is 1.75. The average molecular weight is 158 g/mol. The lowest BCUT2D eigenvalue weighted by Crippen LogP contribution is -2.01. The second-order valence-electron chi connectivity index (χ2n) is 3.62. The number of rotatable bonds is 0. The Hall–Kier alpha value is -0.780. The Morgan fingerprint density at radius 3 is 2.75 bits per heavy atom. The van der Waals surface area contributed by atoms with E-state index in [4.69, 9.17) is 0 Å². The molecule has 0 nitrogen and oxygen atoms in total. The fraction of sp³-hybridized carbons (Fsp3) is 0.417. The molecule has 0 spiro atoms. The van der Waals surface area contributed by atoms with E-state index in [0.29, 0.717) is 0 Å². The Bertz CT molecular complexity index is 266. The molecule has 0 N–H and O–H groups in total. The van der Waals surface area contributed by atoms with Crippen molar-refractivity contribution in [3.63, 3.8) is 0 Å². The number of hydrogen-bond donors (Lipinski definition) is 0. The number of fused-ring (bicyclic) bond motifs is 1. The highest BCUT2D eigenvalue weighted by Gasteiger charge is 2.10.